The number of rotatable bonds is 5. The zero-order chi connectivity index (χ0) is 15.2. The Morgan fingerprint density at radius 2 is 1.90 bits per heavy atom. The smallest absolute Gasteiger partial charge is 0.315 e. The van der Waals surface area contributed by atoms with E-state index in [1.54, 1.807) is 0 Å². The molecular weight excluding hydrogens is 268 g/mol. The van der Waals surface area contributed by atoms with E-state index in [-0.39, 0.29) is 23.4 Å². The van der Waals surface area contributed by atoms with Gasteiger partial charge in [-0.25, -0.2) is 4.79 Å². The van der Waals surface area contributed by atoms with Crippen LogP contribution in [0.4, 0.5) is 4.79 Å². The Morgan fingerprint density at radius 1 is 1.24 bits per heavy atom. The van der Waals surface area contributed by atoms with Gasteiger partial charge in [-0.05, 0) is 55.3 Å². The van der Waals surface area contributed by atoms with Crippen LogP contribution in [0.3, 0.4) is 0 Å². The van der Waals surface area contributed by atoms with Gasteiger partial charge in [-0.3, -0.25) is 4.79 Å². The fourth-order valence-electron chi connectivity index (χ4n) is 4.43. The summed E-state index contributed by atoms with van der Waals surface area (Å²) >= 11 is 0. The largest absolute Gasteiger partial charge is 0.481 e. The molecule has 21 heavy (non-hydrogen) atoms. The molecule has 3 aliphatic rings. The molecule has 2 amide bonds. The van der Waals surface area contributed by atoms with E-state index in [0.29, 0.717) is 18.4 Å². The number of amides is 2. The first-order valence-corrected chi connectivity index (χ1v) is 8.20. The highest BCUT2D eigenvalue weighted by Gasteiger charge is 2.52. The second-order valence-corrected chi connectivity index (χ2v) is 7.57. The van der Waals surface area contributed by atoms with E-state index in [9.17, 15) is 14.7 Å². The second kappa shape index (κ2) is 5.18. The van der Waals surface area contributed by atoms with Crippen LogP contribution in [0.15, 0.2) is 0 Å². The third-order valence-corrected chi connectivity index (χ3v) is 6.22. The van der Waals surface area contributed by atoms with Crippen molar-refractivity contribution in [2.24, 2.45) is 29.1 Å². The van der Waals surface area contributed by atoms with Gasteiger partial charge in [0.25, 0.3) is 0 Å². The quantitative estimate of drug-likeness (QED) is 0.727. The third-order valence-electron chi connectivity index (χ3n) is 6.22. The first kappa shape index (κ1) is 14.7. The maximum absolute atomic E-state index is 12.1. The van der Waals surface area contributed by atoms with Gasteiger partial charge in [-0.1, -0.05) is 13.8 Å². The Hall–Kier alpha value is -1.26. The summed E-state index contributed by atoms with van der Waals surface area (Å²) in [5.41, 5.74) is 0.276. The summed E-state index contributed by atoms with van der Waals surface area (Å²) in [6.45, 7) is 5.10. The van der Waals surface area contributed by atoms with Crippen LogP contribution in [-0.4, -0.2) is 29.7 Å². The standard InChI is InChI=1S/C16H26N2O3/c1-9(2)16(5-6-16)8-17-15(21)18-13-11-4-3-10(7-11)12(13)14(19)20/h9-13H,3-8H2,1-2H3,(H,19,20)(H2,17,18,21). The molecular formula is C16H26N2O3. The van der Waals surface area contributed by atoms with Gasteiger partial charge in [-0.2, -0.15) is 0 Å². The predicted octanol–water partition coefficient (Wildman–Crippen LogP) is 2.22. The summed E-state index contributed by atoms with van der Waals surface area (Å²) in [6, 6.07) is -0.374. The van der Waals surface area contributed by atoms with E-state index in [2.05, 4.69) is 24.5 Å². The molecule has 3 N–H and O–H groups in total. The molecule has 2 bridgehead atoms. The number of carbonyl (C=O) groups is 2. The summed E-state index contributed by atoms with van der Waals surface area (Å²) in [7, 11) is 0. The average Bonchev–Trinajstić information content (AvgIpc) is 2.96. The second-order valence-electron chi connectivity index (χ2n) is 7.57. The first-order chi connectivity index (χ1) is 9.93. The fraction of sp³-hybridized carbons (Fsp3) is 0.875. The van der Waals surface area contributed by atoms with Crippen LogP contribution in [0.2, 0.25) is 0 Å². The lowest BCUT2D eigenvalue weighted by molar-refractivity contribution is -0.144. The summed E-state index contributed by atoms with van der Waals surface area (Å²) in [5, 5.41) is 15.3. The number of carboxylic acids is 1. The van der Waals surface area contributed by atoms with Gasteiger partial charge in [0.2, 0.25) is 0 Å². The lowest BCUT2D eigenvalue weighted by Crippen LogP contribution is -2.51. The number of carboxylic acid groups (broad SMARTS) is 1. The normalized spacial score (nSPS) is 35.8. The predicted molar refractivity (Wildman–Crippen MR) is 78.8 cm³/mol. The number of carbonyl (C=O) groups excluding carboxylic acids is 1. The van der Waals surface area contributed by atoms with Crippen molar-refractivity contribution in [1.82, 2.24) is 10.6 Å². The van der Waals surface area contributed by atoms with E-state index >= 15 is 0 Å². The number of nitrogens with one attached hydrogen (secondary N) is 2. The van der Waals surface area contributed by atoms with Gasteiger partial charge in [0.05, 0.1) is 5.92 Å². The Bertz CT molecular complexity index is 445. The average molecular weight is 294 g/mol. The zero-order valence-corrected chi connectivity index (χ0v) is 12.9. The van der Waals surface area contributed by atoms with Gasteiger partial charge < -0.3 is 15.7 Å². The molecule has 0 aliphatic heterocycles. The molecule has 0 aromatic rings. The summed E-state index contributed by atoms with van der Waals surface area (Å²) in [5.74, 6) is 0.0277. The van der Waals surface area contributed by atoms with E-state index < -0.39 is 11.9 Å². The van der Waals surface area contributed by atoms with E-state index in [1.165, 1.54) is 12.8 Å². The molecule has 4 unspecified atom stereocenters. The molecule has 3 fully saturated rings. The Balaban J connectivity index is 1.54. The van der Waals surface area contributed by atoms with Gasteiger partial charge in [0.15, 0.2) is 0 Å². The lowest BCUT2D eigenvalue weighted by atomic mass is 9.84. The molecule has 118 valence electrons. The number of aliphatic carboxylic acids is 1. The molecule has 0 heterocycles. The van der Waals surface area contributed by atoms with Crippen LogP contribution < -0.4 is 10.6 Å². The molecule has 4 atom stereocenters. The number of fused-ring (bicyclic) bond motifs is 2. The van der Waals surface area contributed by atoms with Gasteiger partial charge in [0, 0.05) is 12.6 Å². The third kappa shape index (κ3) is 2.62. The van der Waals surface area contributed by atoms with Crippen molar-refractivity contribution >= 4 is 12.0 Å². The van der Waals surface area contributed by atoms with Crippen LogP contribution in [0, 0.1) is 29.1 Å². The van der Waals surface area contributed by atoms with Gasteiger partial charge in [-0.15, -0.1) is 0 Å². The van der Waals surface area contributed by atoms with Crippen molar-refractivity contribution in [3.05, 3.63) is 0 Å². The summed E-state index contributed by atoms with van der Waals surface area (Å²) < 4.78 is 0. The minimum atomic E-state index is -0.756. The molecule has 5 nitrogen and oxygen atoms in total. The van der Waals surface area contributed by atoms with E-state index in [0.717, 1.165) is 19.3 Å². The van der Waals surface area contributed by atoms with Gasteiger partial charge >= 0.3 is 12.0 Å². The molecule has 0 radical (unpaired) electrons. The molecule has 3 aliphatic carbocycles. The van der Waals surface area contributed by atoms with Crippen molar-refractivity contribution in [3.63, 3.8) is 0 Å². The molecule has 0 aromatic heterocycles. The minimum Gasteiger partial charge on any atom is -0.481 e. The van der Waals surface area contributed by atoms with Crippen LogP contribution in [0.25, 0.3) is 0 Å². The van der Waals surface area contributed by atoms with Gasteiger partial charge in [0.1, 0.15) is 0 Å². The highest BCUT2D eigenvalue weighted by atomic mass is 16.4. The van der Waals surface area contributed by atoms with E-state index in [1.807, 2.05) is 0 Å². The number of hydrogen-bond acceptors (Lipinski definition) is 2. The lowest BCUT2D eigenvalue weighted by Gasteiger charge is -2.29. The van der Waals surface area contributed by atoms with Crippen LogP contribution in [-0.2, 0) is 4.79 Å². The highest BCUT2D eigenvalue weighted by molar-refractivity contribution is 5.77. The van der Waals surface area contributed by atoms with Crippen molar-refractivity contribution < 1.29 is 14.7 Å². The first-order valence-electron chi connectivity index (χ1n) is 8.20. The molecule has 3 rings (SSSR count). The van der Waals surface area contributed by atoms with Crippen LogP contribution in [0.5, 0.6) is 0 Å². The molecule has 3 saturated carbocycles. The molecule has 0 saturated heterocycles. The van der Waals surface area contributed by atoms with Crippen LogP contribution >= 0.6 is 0 Å². The monoisotopic (exact) mass is 294 g/mol. The zero-order valence-electron chi connectivity index (χ0n) is 12.9. The molecule has 0 aromatic carbocycles. The van der Waals surface area contributed by atoms with Crippen molar-refractivity contribution in [2.75, 3.05) is 6.54 Å². The minimum absolute atomic E-state index is 0.185. The maximum atomic E-state index is 12.1. The Labute approximate surface area is 125 Å². The Morgan fingerprint density at radius 3 is 2.48 bits per heavy atom. The SMILES string of the molecule is CC(C)C1(CNC(=O)NC2C3CCC(C3)C2C(=O)O)CC1. The molecule has 5 heteroatoms. The van der Waals surface area contributed by atoms with E-state index in [4.69, 9.17) is 0 Å². The number of hydrogen-bond donors (Lipinski definition) is 3. The van der Waals surface area contributed by atoms with Crippen LogP contribution in [0.1, 0.15) is 46.0 Å². The Kier molecular flexibility index (Phi) is 3.62. The summed E-state index contributed by atoms with van der Waals surface area (Å²) in [4.78, 5) is 23.6. The topological polar surface area (TPSA) is 78.4 Å². The van der Waals surface area contributed by atoms with Crippen molar-refractivity contribution in [2.45, 2.75) is 52.0 Å². The van der Waals surface area contributed by atoms with Crippen molar-refractivity contribution in [1.29, 1.82) is 0 Å². The fourth-order valence-corrected chi connectivity index (χ4v) is 4.43. The molecule has 0 spiro atoms. The highest BCUT2D eigenvalue weighted by Crippen LogP contribution is 2.51. The summed E-state index contributed by atoms with van der Waals surface area (Å²) in [6.07, 6.45) is 5.36. The number of urea groups is 1. The van der Waals surface area contributed by atoms with Crippen molar-refractivity contribution in [3.8, 4) is 0 Å². The maximum Gasteiger partial charge on any atom is 0.315 e.